The lowest BCUT2D eigenvalue weighted by atomic mass is 10.0. The topological polar surface area (TPSA) is 112 Å². The largest absolute Gasteiger partial charge is 0.768 e. The van der Waals surface area contributed by atoms with E-state index in [1.54, 1.807) is 12.3 Å². The molecule has 0 saturated heterocycles. The van der Waals surface area contributed by atoms with E-state index >= 15 is 0 Å². The number of fused-ring (bicyclic) bond motifs is 1. The second-order valence-corrected chi connectivity index (χ2v) is 8.10. The molecule has 30 heavy (non-hydrogen) atoms. The molecule has 1 unspecified atom stereocenters. The highest BCUT2D eigenvalue weighted by Crippen LogP contribution is 2.32. The molecule has 8 heteroatoms. The zero-order valence-electron chi connectivity index (χ0n) is 17.1. The van der Waals surface area contributed by atoms with Crippen molar-refractivity contribution in [3.63, 3.8) is 0 Å². The molecule has 0 radical (unpaired) electrons. The Morgan fingerprint density at radius 3 is 2.57 bits per heavy atom. The molecule has 1 aliphatic heterocycles. The summed E-state index contributed by atoms with van der Waals surface area (Å²) < 4.78 is 22.5. The Morgan fingerprint density at radius 1 is 1.17 bits per heavy atom. The minimum absolute atomic E-state index is 0.0106. The normalized spacial score (nSPS) is 14.2. The van der Waals surface area contributed by atoms with Gasteiger partial charge in [0.2, 0.25) is 5.91 Å². The van der Waals surface area contributed by atoms with Crippen LogP contribution >= 0.6 is 0 Å². The van der Waals surface area contributed by atoms with E-state index in [1.165, 1.54) is 6.20 Å². The smallest absolute Gasteiger partial charge is 0.250 e. The third-order valence-electron chi connectivity index (χ3n) is 4.78. The van der Waals surface area contributed by atoms with Crippen LogP contribution in [-0.2, 0) is 15.9 Å². The maximum Gasteiger partial charge on any atom is 0.250 e. The average molecular weight is 426 g/mol. The average Bonchev–Trinajstić information content (AvgIpc) is 2.90. The molecule has 158 valence electrons. The van der Waals surface area contributed by atoms with Crippen molar-refractivity contribution in [1.29, 1.82) is 0 Å². The number of aromatic nitrogens is 1. The molecule has 0 bridgehead atoms. The van der Waals surface area contributed by atoms with Crippen LogP contribution in [0.5, 0.6) is 0 Å². The Balaban J connectivity index is 1.98. The Kier molecular flexibility index (Phi) is 7.12. The zero-order valence-corrected chi connectivity index (χ0v) is 17.9. The highest BCUT2D eigenvalue weighted by Gasteiger charge is 2.21. The lowest BCUT2D eigenvalue weighted by molar-refractivity contribution is -0.127. The highest BCUT2D eigenvalue weighted by atomic mass is 32.2. The summed E-state index contributed by atoms with van der Waals surface area (Å²) in [5, 5.41) is 0. The molecule has 0 aliphatic carbocycles. The Labute approximate surface area is 179 Å². The number of nitrogens with zero attached hydrogens (tertiary/aromatic N) is 3. The van der Waals surface area contributed by atoms with E-state index in [9.17, 15) is 13.6 Å². The van der Waals surface area contributed by atoms with Gasteiger partial charge in [0.15, 0.2) is 0 Å². The van der Waals surface area contributed by atoms with Gasteiger partial charge in [-0.2, -0.15) is 0 Å². The molecule has 1 aliphatic rings. The second-order valence-electron chi connectivity index (χ2n) is 7.16. The van der Waals surface area contributed by atoms with Gasteiger partial charge in [0, 0.05) is 53.5 Å². The second kappa shape index (κ2) is 9.77. The van der Waals surface area contributed by atoms with Crippen LogP contribution in [0.25, 0.3) is 17.2 Å². The van der Waals surface area contributed by atoms with Gasteiger partial charge >= 0.3 is 0 Å². The fourth-order valence-electron chi connectivity index (χ4n) is 3.43. The maximum atomic E-state index is 13.1. The quantitative estimate of drug-likeness (QED) is 0.683. The van der Waals surface area contributed by atoms with Crippen molar-refractivity contribution < 1.29 is 13.6 Å². The van der Waals surface area contributed by atoms with Crippen molar-refractivity contribution in [2.24, 2.45) is 10.7 Å². The lowest BCUT2D eigenvalue weighted by Gasteiger charge is -2.22. The van der Waals surface area contributed by atoms with Gasteiger partial charge in [0.05, 0.1) is 5.69 Å². The third kappa shape index (κ3) is 5.01. The highest BCUT2D eigenvalue weighted by molar-refractivity contribution is 7.79. The Hall–Kier alpha value is -2.84. The predicted molar refractivity (Wildman–Crippen MR) is 118 cm³/mol. The zero-order chi connectivity index (χ0) is 21.7. The summed E-state index contributed by atoms with van der Waals surface area (Å²) in [6.45, 7) is 5.52. The van der Waals surface area contributed by atoms with Gasteiger partial charge in [-0.1, -0.05) is 26.0 Å². The number of benzene rings is 1. The molecule has 1 amide bonds. The SMILES string of the molecule is CCCN(CCC)C(=O)C1=Cc2ccc(-c3cncc(S(=O)[O-])c3)cc2N=C(N)C1. The monoisotopic (exact) mass is 425 g/mol. The summed E-state index contributed by atoms with van der Waals surface area (Å²) in [6.07, 6.45) is 6.82. The van der Waals surface area contributed by atoms with Gasteiger partial charge in [-0.15, -0.1) is 0 Å². The first-order valence-corrected chi connectivity index (χ1v) is 11.0. The van der Waals surface area contributed by atoms with Gasteiger partial charge in [-0.05, 0) is 47.7 Å². The molecule has 1 aromatic heterocycles. The van der Waals surface area contributed by atoms with Crippen LogP contribution in [-0.4, -0.2) is 43.5 Å². The fourth-order valence-corrected chi connectivity index (χ4v) is 3.80. The molecule has 7 nitrogen and oxygen atoms in total. The molecule has 0 saturated carbocycles. The molecular formula is C22H25N4O3S-. The summed E-state index contributed by atoms with van der Waals surface area (Å²) in [5.74, 6) is 0.356. The van der Waals surface area contributed by atoms with Gasteiger partial charge in [0.25, 0.3) is 0 Å². The maximum absolute atomic E-state index is 13.1. The van der Waals surface area contributed by atoms with E-state index in [-0.39, 0.29) is 10.8 Å². The number of hydrogen-bond donors (Lipinski definition) is 1. The van der Waals surface area contributed by atoms with Gasteiger partial charge in [-0.25, -0.2) is 4.99 Å². The molecule has 2 N–H and O–H groups in total. The molecule has 3 rings (SSSR count). The number of nitrogens with two attached hydrogens (primary N) is 1. The molecular weight excluding hydrogens is 400 g/mol. The number of amides is 1. The first-order chi connectivity index (χ1) is 14.4. The van der Waals surface area contributed by atoms with Gasteiger partial charge in [0.1, 0.15) is 5.84 Å². The van der Waals surface area contributed by atoms with Crippen LogP contribution in [0.4, 0.5) is 5.69 Å². The molecule has 0 fully saturated rings. The number of hydrogen-bond acceptors (Lipinski definition) is 6. The van der Waals surface area contributed by atoms with Crippen LogP contribution in [0.15, 0.2) is 52.1 Å². The molecule has 2 aromatic rings. The Morgan fingerprint density at radius 2 is 1.90 bits per heavy atom. The number of carbonyl (C=O) groups is 1. The molecule has 0 spiro atoms. The molecule has 1 aromatic carbocycles. The first-order valence-electron chi connectivity index (χ1n) is 9.94. The third-order valence-corrected chi connectivity index (χ3v) is 5.39. The van der Waals surface area contributed by atoms with E-state index in [4.69, 9.17) is 5.73 Å². The van der Waals surface area contributed by atoms with E-state index in [0.717, 1.165) is 24.0 Å². The van der Waals surface area contributed by atoms with E-state index in [1.807, 2.05) is 29.2 Å². The van der Waals surface area contributed by atoms with Crippen molar-refractivity contribution in [3.8, 4) is 11.1 Å². The standard InChI is InChI=1S/C22H26N4O3S/c1-3-7-26(8-4-2)22(27)17-9-16-6-5-15(11-20(16)25-21(23)12-17)18-10-19(30(28)29)14-24-13-18/h5-6,9-11,13-14H,3-4,7-8,12H2,1-2H3,(H2,23,25)(H,28,29)/p-1. The molecule has 1 atom stereocenters. The predicted octanol–water partition coefficient (Wildman–Crippen LogP) is 3.41. The van der Waals surface area contributed by atoms with Crippen molar-refractivity contribution in [2.45, 2.75) is 38.0 Å². The minimum atomic E-state index is -2.35. The number of amidine groups is 1. The number of rotatable bonds is 7. The van der Waals surface area contributed by atoms with Gasteiger partial charge < -0.3 is 15.2 Å². The van der Waals surface area contributed by atoms with Crippen molar-refractivity contribution >= 4 is 34.6 Å². The summed E-state index contributed by atoms with van der Waals surface area (Å²) in [7, 11) is 0. The number of aliphatic imine (C=N–C) groups is 1. The minimum Gasteiger partial charge on any atom is -0.768 e. The molecule has 2 heterocycles. The number of pyridine rings is 1. The van der Waals surface area contributed by atoms with E-state index in [0.29, 0.717) is 42.2 Å². The van der Waals surface area contributed by atoms with Crippen LogP contribution in [0.2, 0.25) is 0 Å². The summed E-state index contributed by atoms with van der Waals surface area (Å²) in [5.41, 5.74) is 9.61. The van der Waals surface area contributed by atoms with E-state index < -0.39 is 11.1 Å². The van der Waals surface area contributed by atoms with Crippen LogP contribution in [0.3, 0.4) is 0 Å². The summed E-state index contributed by atoms with van der Waals surface area (Å²) in [6, 6.07) is 7.11. The van der Waals surface area contributed by atoms with Crippen molar-refractivity contribution in [3.05, 3.63) is 47.8 Å². The Bertz CT molecular complexity index is 1030. The fraction of sp³-hybridized carbons (Fsp3) is 0.318. The van der Waals surface area contributed by atoms with Crippen LogP contribution in [0.1, 0.15) is 38.7 Å². The van der Waals surface area contributed by atoms with Crippen LogP contribution < -0.4 is 5.73 Å². The number of carbonyl (C=O) groups excluding carboxylic acids is 1. The lowest BCUT2D eigenvalue weighted by Crippen LogP contribution is -2.34. The first kappa shape index (κ1) is 21.9. The van der Waals surface area contributed by atoms with Gasteiger partial charge in [-0.3, -0.25) is 14.0 Å². The summed E-state index contributed by atoms with van der Waals surface area (Å²) in [4.78, 5) is 23.5. The van der Waals surface area contributed by atoms with Crippen molar-refractivity contribution in [1.82, 2.24) is 9.88 Å². The van der Waals surface area contributed by atoms with E-state index in [2.05, 4.69) is 23.8 Å². The van der Waals surface area contributed by atoms with Crippen molar-refractivity contribution in [2.75, 3.05) is 13.1 Å². The summed E-state index contributed by atoms with van der Waals surface area (Å²) >= 11 is -2.35. The van der Waals surface area contributed by atoms with Crippen LogP contribution in [0, 0.1) is 0 Å².